The van der Waals surface area contributed by atoms with Crippen molar-refractivity contribution in [2.75, 3.05) is 18.1 Å². The summed E-state index contributed by atoms with van der Waals surface area (Å²) in [4.78, 5) is 38.3. The molecule has 1 saturated heterocycles. The summed E-state index contributed by atoms with van der Waals surface area (Å²) in [6.45, 7) is 3.89. The first-order valence-corrected chi connectivity index (χ1v) is 9.06. The van der Waals surface area contributed by atoms with Crippen molar-refractivity contribution in [1.29, 1.82) is 0 Å². The molecule has 1 atom stereocenters. The lowest BCUT2D eigenvalue weighted by molar-refractivity contribution is -0.147. The molecule has 1 amide bonds. The monoisotopic (exact) mass is 385 g/mol. The molecule has 0 spiro atoms. The third kappa shape index (κ3) is 4.37. The first kappa shape index (κ1) is 19.1. The molecule has 0 radical (unpaired) electrons. The Bertz CT molecular complexity index is 892. The number of anilines is 1. The molecule has 1 unspecified atom stereocenters. The van der Waals surface area contributed by atoms with Gasteiger partial charge in [-0.25, -0.2) is 0 Å². The van der Waals surface area contributed by atoms with E-state index in [2.05, 4.69) is 0 Å². The van der Waals surface area contributed by atoms with Gasteiger partial charge in [-0.1, -0.05) is 17.7 Å². The van der Waals surface area contributed by atoms with Crippen molar-refractivity contribution in [3.8, 4) is 0 Å². The van der Waals surface area contributed by atoms with E-state index in [0.29, 0.717) is 10.6 Å². The first-order valence-electron chi connectivity index (χ1n) is 8.68. The standard InChI is InChI=1S/C21H20ClNO4/c1-13-3-8-18(9-14(13)2)23-11-16(10-20(23)25)21(26)27-12-19(24)15-4-6-17(22)7-5-15/h3-9,16H,10-12H2,1-2H3. The molecule has 1 aliphatic rings. The molecule has 0 aliphatic carbocycles. The minimum atomic E-state index is -0.572. The van der Waals surface area contributed by atoms with Gasteiger partial charge in [-0.2, -0.15) is 0 Å². The number of halogens is 1. The molecule has 0 saturated carbocycles. The lowest BCUT2D eigenvalue weighted by Gasteiger charge is -2.17. The molecule has 1 heterocycles. The molecule has 0 aromatic heterocycles. The van der Waals surface area contributed by atoms with E-state index < -0.39 is 11.9 Å². The zero-order valence-electron chi connectivity index (χ0n) is 15.2. The number of benzene rings is 2. The Morgan fingerprint density at radius 2 is 1.81 bits per heavy atom. The molecule has 140 valence electrons. The predicted octanol–water partition coefficient (Wildman–Crippen LogP) is 3.74. The fourth-order valence-corrected chi connectivity index (χ4v) is 3.11. The maximum Gasteiger partial charge on any atom is 0.311 e. The van der Waals surface area contributed by atoms with Crippen LogP contribution in [0, 0.1) is 19.8 Å². The number of nitrogens with zero attached hydrogens (tertiary/aromatic N) is 1. The van der Waals surface area contributed by atoms with Crippen LogP contribution < -0.4 is 4.90 Å². The van der Waals surface area contributed by atoms with E-state index in [9.17, 15) is 14.4 Å². The molecule has 0 N–H and O–H groups in total. The van der Waals surface area contributed by atoms with Gasteiger partial charge in [-0.15, -0.1) is 0 Å². The number of amides is 1. The Kier molecular flexibility index (Phi) is 5.61. The van der Waals surface area contributed by atoms with E-state index in [4.69, 9.17) is 16.3 Å². The second-order valence-corrected chi connectivity index (χ2v) is 7.15. The van der Waals surface area contributed by atoms with Gasteiger partial charge in [-0.05, 0) is 61.4 Å². The molecule has 1 aliphatic heterocycles. The van der Waals surface area contributed by atoms with Gasteiger partial charge in [-0.3, -0.25) is 14.4 Å². The highest BCUT2D eigenvalue weighted by Crippen LogP contribution is 2.27. The Hall–Kier alpha value is -2.66. The molecule has 3 rings (SSSR count). The summed E-state index contributed by atoms with van der Waals surface area (Å²) in [7, 11) is 0. The van der Waals surface area contributed by atoms with Crippen LogP contribution in [0.3, 0.4) is 0 Å². The smallest absolute Gasteiger partial charge is 0.311 e. The highest BCUT2D eigenvalue weighted by molar-refractivity contribution is 6.30. The van der Waals surface area contributed by atoms with E-state index in [1.807, 2.05) is 32.0 Å². The van der Waals surface area contributed by atoms with Crippen molar-refractivity contribution in [2.24, 2.45) is 5.92 Å². The summed E-state index contributed by atoms with van der Waals surface area (Å²) in [5, 5.41) is 0.527. The summed E-state index contributed by atoms with van der Waals surface area (Å²) < 4.78 is 5.15. The fraction of sp³-hybridized carbons (Fsp3) is 0.286. The van der Waals surface area contributed by atoms with Gasteiger partial charge in [0, 0.05) is 29.2 Å². The van der Waals surface area contributed by atoms with Crippen molar-refractivity contribution in [3.05, 3.63) is 64.2 Å². The number of carbonyl (C=O) groups is 3. The number of aryl methyl sites for hydroxylation is 2. The number of ether oxygens (including phenoxy) is 1. The number of ketones is 1. The van der Waals surface area contributed by atoms with Crippen LogP contribution in [0.2, 0.25) is 5.02 Å². The zero-order valence-corrected chi connectivity index (χ0v) is 16.0. The molecule has 0 bridgehead atoms. The van der Waals surface area contributed by atoms with Crippen LogP contribution in [0.15, 0.2) is 42.5 Å². The number of esters is 1. The minimum Gasteiger partial charge on any atom is -0.457 e. The topological polar surface area (TPSA) is 63.7 Å². The number of rotatable bonds is 5. The first-order chi connectivity index (χ1) is 12.8. The molecule has 2 aromatic rings. The molecule has 6 heteroatoms. The summed E-state index contributed by atoms with van der Waals surface area (Å²) in [5.74, 6) is -1.53. The van der Waals surface area contributed by atoms with E-state index in [0.717, 1.165) is 16.8 Å². The maximum absolute atomic E-state index is 12.3. The Morgan fingerprint density at radius 1 is 1.11 bits per heavy atom. The number of carbonyl (C=O) groups excluding carboxylic acids is 3. The van der Waals surface area contributed by atoms with Crippen LogP contribution in [0.4, 0.5) is 5.69 Å². The normalized spacial score (nSPS) is 16.5. The third-order valence-electron chi connectivity index (χ3n) is 4.77. The summed E-state index contributed by atoms with van der Waals surface area (Å²) in [5.41, 5.74) is 3.42. The number of hydrogen-bond acceptors (Lipinski definition) is 4. The molecular formula is C21H20ClNO4. The zero-order chi connectivity index (χ0) is 19.6. The lowest BCUT2D eigenvalue weighted by Crippen LogP contribution is -2.27. The second kappa shape index (κ2) is 7.92. The van der Waals surface area contributed by atoms with Gasteiger partial charge in [0.2, 0.25) is 5.91 Å². The van der Waals surface area contributed by atoms with Crippen LogP contribution in [0.1, 0.15) is 27.9 Å². The van der Waals surface area contributed by atoms with Crippen molar-refractivity contribution < 1.29 is 19.1 Å². The van der Waals surface area contributed by atoms with E-state index in [1.165, 1.54) is 0 Å². The van der Waals surface area contributed by atoms with E-state index in [-0.39, 0.29) is 31.3 Å². The van der Waals surface area contributed by atoms with Gasteiger partial charge in [0.1, 0.15) is 0 Å². The average molecular weight is 386 g/mol. The second-order valence-electron chi connectivity index (χ2n) is 6.71. The van der Waals surface area contributed by atoms with Crippen molar-refractivity contribution >= 4 is 34.9 Å². The fourth-order valence-electron chi connectivity index (χ4n) is 2.98. The maximum atomic E-state index is 12.3. The molecular weight excluding hydrogens is 366 g/mol. The highest BCUT2D eigenvalue weighted by Gasteiger charge is 2.36. The van der Waals surface area contributed by atoms with Crippen LogP contribution >= 0.6 is 11.6 Å². The predicted molar refractivity (Wildman–Crippen MR) is 103 cm³/mol. The van der Waals surface area contributed by atoms with Gasteiger partial charge in [0.25, 0.3) is 0 Å². The third-order valence-corrected chi connectivity index (χ3v) is 5.02. The van der Waals surface area contributed by atoms with Crippen LogP contribution in [0.5, 0.6) is 0 Å². The summed E-state index contributed by atoms with van der Waals surface area (Å²) >= 11 is 5.79. The highest BCUT2D eigenvalue weighted by atomic mass is 35.5. The van der Waals surface area contributed by atoms with Crippen LogP contribution in [-0.2, 0) is 14.3 Å². The average Bonchev–Trinajstić information content (AvgIpc) is 3.04. The Morgan fingerprint density at radius 3 is 2.48 bits per heavy atom. The Labute approximate surface area is 162 Å². The molecule has 1 fully saturated rings. The molecule has 2 aromatic carbocycles. The summed E-state index contributed by atoms with van der Waals surface area (Å²) in [6.07, 6.45) is 0.0842. The van der Waals surface area contributed by atoms with Gasteiger partial charge >= 0.3 is 5.97 Å². The minimum absolute atomic E-state index is 0.0842. The van der Waals surface area contributed by atoms with Crippen LogP contribution in [-0.4, -0.2) is 30.8 Å². The van der Waals surface area contributed by atoms with E-state index >= 15 is 0 Å². The van der Waals surface area contributed by atoms with Crippen molar-refractivity contribution in [1.82, 2.24) is 0 Å². The largest absolute Gasteiger partial charge is 0.457 e. The number of hydrogen-bond donors (Lipinski definition) is 0. The van der Waals surface area contributed by atoms with Gasteiger partial charge in [0.15, 0.2) is 12.4 Å². The van der Waals surface area contributed by atoms with Crippen molar-refractivity contribution in [3.63, 3.8) is 0 Å². The lowest BCUT2D eigenvalue weighted by atomic mass is 10.1. The van der Waals surface area contributed by atoms with Gasteiger partial charge in [0.05, 0.1) is 5.92 Å². The molecule has 27 heavy (non-hydrogen) atoms. The van der Waals surface area contributed by atoms with Gasteiger partial charge < -0.3 is 9.64 Å². The SMILES string of the molecule is Cc1ccc(N2CC(C(=O)OCC(=O)c3ccc(Cl)cc3)CC2=O)cc1C. The quantitative estimate of drug-likeness (QED) is 0.581. The Balaban J connectivity index is 1.59. The number of Topliss-reactive ketones (excluding diaryl/α,β-unsaturated/α-hetero) is 1. The van der Waals surface area contributed by atoms with E-state index in [1.54, 1.807) is 29.2 Å². The molecule has 5 nitrogen and oxygen atoms in total. The summed E-state index contributed by atoms with van der Waals surface area (Å²) in [6, 6.07) is 12.1. The van der Waals surface area contributed by atoms with Crippen LogP contribution in [0.25, 0.3) is 0 Å². The van der Waals surface area contributed by atoms with Crippen molar-refractivity contribution in [2.45, 2.75) is 20.3 Å².